The van der Waals surface area contributed by atoms with Crippen molar-refractivity contribution < 1.29 is 18.9 Å². The fourth-order valence-corrected chi connectivity index (χ4v) is 3.08. The van der Waals surface area contributed by atoms with Gasteiger partial charge in [0, 0.05) is 39.3 Å². The van der Waals surface area contributed by atoms with Crippen LogP contribution in [0.3, 0.4) is 0 Å². The number of carbonyl (C=O) groups is 2. The molecule has 0 radical (unpaired) electrons. The zero-order valence-corrected chi connectivity index (χ0v) is 15.5. The number of nitro benzene ring substituents is 1. The van der Waals surface area contributed by atoms with Gasteiger partial charge in [-0.05, 0) is 19.9 Å². The summed E-state index contributed by atoms with van der Waals surface area (Å²) in [6.07, 6.45) is 0. The van der Waals surface area contributed by atoms with Gasteiger partial charge in [-0.15, -0.1) is 0 Å². The predicted molar refractivity (Wildman–Crippen MR) is 97.7 cm³/mol. The Morgan fingerprint density at radius 1 is 1.22 bits per heavy atom. The van der Waals surface area contributed by atoms with Crippen LogP contribution in [0.15, 0.2) is 12.1 Å². The van der Waals surface area contributed by atoms with Crippen LogP contribution < -0.4 is 5.73 Å². The number of halogens is 1. The SMILES string of the molecule is CCN(CC)C(=O)CN1CCN(C(=O)c2cc(F)cc([N+](=O)[O-])c2N)CC1. The van der Waals surface area contributed by atoms with E-state index in [4.69, 9.17) is 5.73 Å². The second-order valence-corrected chi connectivity index (χ2v) is 6.28. The molecule has 0 spiro atoms. The fourth-order valence-electron chi connectivity index (χ4n) is 3.08. The summed E-state index contributed by atoms with van der Waals surface area (Å²) in [5.41, 5.74) is 4.52. The number of hydrogen-bond acceptors (Lipinski definition) is 6. The Kier molecular flexibility index (Phi) is 6.67. The lowest BCUT2D eigenvalue weighted by Gasteiger charge is -2.35. The first kappa shape index (κ1) is 20.6. The lowest BCUT2D eigenvalue weighted by molar-refractivity contribution is -0.384. The van der Waals surface area contributed by atoms with E-state index in [0.717, 1.165) is 6.07 Å². The van der Waals surface area contributed by atoms with Crippen LogP contribution in [0.5, 0.6) is 0 Å². The van der Waals surface area contributed by atoms with Gasteiger partial charge >= 0.3 is 0 Å². The van der Waals surface area contributed by atoms with E-state index in [1.165, 1.54) is 4.90 Å². The number of piperazine rings is 1. The minimum atomic E-state index is -0.886. The maximum atomic E-state index is 13.7. The number of nitro groups is 1. The Labute approximate surface area is 156 Å². The molecule has 0 atom stereocenters. The fraction of sp³-hybridized carbons (Fsp3) is 0.529. The third-order valence-electron chi connectivity index (χ3n) is 4.68. The third kappa shape index (κ3) is 4.70. The van der Waals surface area contributed by atoms with Crippen molar-refractivity contribution in [3.05, 3.63) is 33.6 Å². The van der Waals surface area contributed by atoms with Gasteiger partial charge in [0.05, 0.1) is 23.1 Å². The Morgan fingerprint density at radius 2 is 1.81 bits per heavy atom. The van der Waals surface area contributed by atoms with E-state index in [9.17, 15) is 24.1 Å². The van der Waals surface area contributed by atoms with Gasteiger partial charge in [0.25, 0.3) is 11.6 Å². The molecule has 1 heterocycles. The van der Waals surface area contributed by atoms with E-state index >= 15 is 0 Å². The Bertz CT molecular complexity index is 730. The number of nitrogen functional groups attached to an aromatic ring is 1. The van der Waals surface area contributed by atoms with Crippen molar-refractivity contribution in [2.24, 2.45) is 0 Å². The van der Waals surface area contributed by atoms with E-state index in [0.29, 0.717) is 45.3 Å². The number of carbonyl (C=O) groups excluding carboxylic acids is 2. The first-order valence-electron chi connectivity index (χ1n) is 8.81. The summed E-state index contributed by atoms with van der Waals surface area (Å²) >= 11 is 0. The summed E-state index contributed by atoms with van der Waals surface area (Å²) in [6, 6.07) is 1.61. The standard InChI is InChI=1S/C17H24FN5O4/c1-3-21(4-2)15(24)11-20-5-7-22(8-6-20)17(25)13-9-12(18)10-14(16(13)19)23(26)27/h9-10H,3-8,11,19H2,1-2H3. The molecule has 1 aliphatic heterocycles. The summed E-state index contributed by atoms with van der Waals surface area (Å²) in [7, 11) is 0. The average Bonchev–Trinajstić information content (AvgIpc) is 2.64. The highest BCUT2D eigenvalue weighted by Gasteiger charge is 2.28. The van der Waals surface area contributed by atoms with Crippen molar-refractivity contribution in [3.63, 3.8) is 0 Å². The van der Waals surface area contributed by atoms with Gasteiger partial charge in [-0.25, -0.2) is 4.39 Å². The molecule has 2 N–H and O–H groups in total. The number of amides is 2. The first-order chi connectivity index (χ1) is 12.8. The molecule has 148 valence electrons. The molecular weight excluding hydrogens is 357 g/mol. The first-order valence-corrected chi connectivity index (χ1v) is 8.81. The summed E-state index contributed by atoms with van der Waals surface area (Å²) in [6.45, 7) is 7.02. The van der Waals surface area contributed by atoms with Crippen molar-refractivity contribution in [1.82, 2.24) is 14.7 Å². The predicted octanol–water partition coefficient (Wildman–Crippen LogP) is 0.942. The highest BCUT2D eigenvalue weighted by atomic mass is 19.1. The number of benzene rings is 1. The molecule has 0 unspecified atom stereocenters. The van der Waals surface area contributed by atoms with Crippen molar-refractivity contribution in [3.8, 4) is 0 Å². The van der Waals surface area contributed by atoms with Crippen molar-refractivity contribution in [2.45, 2.75) is 13.8 Å². The summed E-state index contributed by atoms with van der Waals surface area (Å²) < 4.78 is 13.7. The highest BCUT2D eigenvalue weighted by Crippen LogP contribution is 2.28. The van der Waals surface area contributed by atoms with Crippen LogP contribution >= 0.6 is 0 Å². The minimum absolute atomic E-state index is 0.0322. The summed E-state index contributed by atoms with van der Waals surface area (Å²) in [5.74, 6) is -1.41. The van der Waals surface area contributed by atoms with Crippen LogP contribution in [0.2, 0.25) is 0 Å². The molecule has 0 aliphatic carbocycles. The number of likely N-dealkylation sites (N-methyl/N-ethyl adjacent to an activating group) is 1. The van der Waals surface area contributed by atoms with E-state index in [1.807, 2.05) is 18.7 Å². The van der Waals surface area contributed by atoms with E-state index in [2.05, 4.69) is 0 Å². The smallest absolute Gasteiger partial charge is 0.295 e. The lowest BCUT2D eigenvalue weighted by Crippen LogP contribution is -2.51. The topological polar surface area (TPSA) is 113 Å². The monoisotopic (exact) mass is 381 g/mol. The molecule has 9 nitrogen and oxygen atoms in total. The third-order valence-corrected chi connectivity index (χ3v) is 4.68. The molecular formula is C17H24FN5O4. The largest absolute Gasteiger partial charge is 0.393 e. The molecule has 0 bridgehead atoms. The number of nitrogens with two attached hydrogens (primary N) is 1. The molecule has 0 saturated carbocycles. The van der Waals surface area contributed by atoms with Gasteiger partial charge in [-0.1, -0.05) is 0 Å². The second-order valence-electron chi connectivity index (χ2n) is 6.28. The minimum Gasteiger partial charge on any atom is -0.393 e. The molecule has 10 heteroatoms. The van der Waals surface area contributed by atoms with Gasteiger partial charge in [-0.2, -0.15) is 0 Å². The van der Waals surface area contributed by atoms with Crippen LogP contribution in [0.25, 0.3) is 0 Å². The summed E-state index contributed by atoms with van der Waals surface area (Å²) in [4.78, 5) is 40.1. The van der Waals surface area contributed by atoms with Gasteiger partial charge in [0.15, 0.2) is 0 Å². The lowest BCUT2D eigenvalue weighted by atomic mass is 10.1. The molecule has 1 fully saturated rings. The average molecular weight is 381 g/mol. The molecule has 1 saturated heterocycles. The molecule has 1 aliphatic rings. The van der Waals surface area contributed by atoms with Crippen LogP contribution in [0, 0.1) is 15.9 Å². The summed E-state index contributed by atoms with van der Waals surface area (Å²) in [5, 5.41) is 11.0. The van der Waals surface area contributed by atoms with Crippen molar-refractivity contribution in [1.29, 1.82) is 0 Å². The molecule has 1 aromatic carbocycles. The number of nitrogens with zero attached hydrogens (tertiary/aromatic N) is 4. The molecule has 0 aromatic heterocycles. The Morgan fingerprint density at radius 3 is 2.33 bits per heavy atom. The molecule has 27 heavy (non-hydrogen) atoms. The Hall–Kier alpha value is -2.75. The van der Waals surface area contributed by atoms with Crippen molar-refractivity contribution in [2.75, 3.05) is 51.5 Å². The van der Waals surface area contributed by atoms with Crippen LogP contribution in [0.1, 0.15) is 24.2 Å². The highest BCUT2D eigenvalue weighted by molar-refractivity contribution is 6.01. The van der Waals surface area contributed by atoms with E-state index in [-0.39, 0.29) is 23.7 Å². The quantitative estimate of drug-likeness (QED) is 0.446. The van der Waals surface area contributed by atoms with Gasteiger partial charge in [0.2, 0.25) is 5.91 Å². The van der Waals surface area contributed by atoms with Crippen LogP contribution in [-0.2, 0) is 4.79 Å². The molecule has 2 amide bonds. The molecule has 2 rings (SSSR count). The van der Waals surface area contributed by atoms with Gasteiger partial charge in [0.1, 0.15) is 11.5 Å². The van der Waals surface area contributed by atoms with E-state index < -0.39 is 22.3 Å². The van der Waals surface area contributed by atoms with Crippen molar-refractivity contribution >= 4 is 23.2 Å². The maximum absolute atomic E-state index is 13.7. The second kappa shape index (κ2) is 8.76. The zero-order chi connectivity index (χ0) is 20.1. The van der Waals surface area contributed by atoms with Crippen LogP contribution in [-0.4, -0.2) is 77.3 Å². The van der Waals surface area contributed by atoms with Gasteiger partial charge in [-0.3, -0.25) is 24.6 Å². The number of anilines is 1. The maximum Gasteiger partial charge on any atom is 0.295 e. The molecule has 1 aromatic rings. The van der Waals surface area contributed by atoms with Crippen LogP contribution in [0.4, 0.5) is 15.8 Å². The number of hydrogen-bond donors (Lipinski definition) is 1. The van der Waals surface area contributed by atoms with Gasteiger partial charge < -0.3 is 15.5 Å². The zero-order valence-electron chi connectivity index (χ0n) is 15.5. The number of rotatable bonds is 6. The van der Waals surface area contributed by atoms with E-state index in [1.54, 1.807) is 4.90 Å². The normalized spacial score (nSPS) is 14.9. The Balaban J connectivity index is 2.03.